The van der Waals surface area contributed by atoms with Crippen molar-refractivity contribution >= 4 is 17.6 Å². The van der Waals surface area contributed by atoms with Crippen molar-refractivity contribution < 1.29 is 29.2 Å². The van der Waals surface area contributed by atoms with Crippen LogP contribution in [0.5, 0.6) is 17.2 Å². The Morgan fingerprint density at radius 3 is 2.54 bits per heavy atom. The first-order chi connectivity index (χ1) is 24.2. The molecule has 0 spiro atoms. The van der Waals surface area contributed by atoms with Gasteiger partial charge in [0.05, 0.1) is 29.4 Å². The molecule has 0 aliphatic rings. The van der Waals surface area contributed by atoms with Crippen LogP contribution in [0.1, 0.15) is 39.1 Å². The fourth-order valence-corrected chi connectivity index (χ4v) is 5.44. The lowest BCUT2D eigenvalue weighted by atomic mass is 9.93. The summed E-state index contributed by atoms with van der Waals surface area (Å²) in [6, 6.07) is 18.1. The minimum Gasteiger partial charge on any atom is -0.491 e. The molecular weight excluding hydrogens is 660 g/mol. The minimum absolute atomic E-state index is 0.159. The van der Waals surface area contributed by atoms with E-state index >= 15 is 0 Å². The molecule has 5 rings (SSSR count). The number of pyridine rings is 1. The molecule has 0 saturated heterocycles. The number of nitrogens with zero attached hydrogens (tertiary/aromatic N) is 5. The number of rotatable bonds is 16. The van der Waals surface area contributed by atoms with Crippen LogP contribution < -0.4 is 19.5 Å². The number of carbonyl (C=O) groups is 1. The summed E-state index contributed by atoms with van der Waals surface area (Å²) in [5.41, 5.74) is 7.45. The molecule has 0 bridgehead atoms. The van der Waals surface area contributed by atoms with Gasteiger partial charge in [-0.3, -0.25) is 15.1 Å². The Morgan fingerprint density at radius 1 is 1.02 bits per heavy atom. The maximum atomic E-state index is 11.1. The molecule has 0 aliphatic carbocycles. The zero-order valence-electron chi connectivity index (χ0n) is 27.6. The van der Waals surface area contributed by atoms with Crippen molar-refractivity contribution in [1.29, 1.82) is 5.26 Å². The monoisotopic (exact) mass is 695 g/mol. The third kappa shape index (κ3) is 8.95. The van der Waals surface area contributed by atoms with Crippen molar-refractivity contribution in [2.75, 3.05) is 13.2 Å². The van der Waals surface area contributed by atoms with E-state index in [1.807, 2.05) is 31.2 Å². The molecule has 0 amide bonds. The molecular formula is C37H36ClN6O6. The summed E-state index contributed by atoms with van der Waals surface area (Å²) in [5, 5.41) is 38.7. The average Bonchev–Trinajstić information content (AvgIpc) is 3.56. The number of halogens is 1. The lowest BCUT2D eigenvalue weighted by molar-refractivity contribution is -0.140. The lowest BCUT2D eigenvalue weighted by Gasteiger charge is -2.17. The number of aliphatic hydroxyl groups is 1. The Morgan fingerprint density at radius 2 is 1.78 bits per heavy atom. The third-order valence-corrected chi connectivity index (χ3v) is 8.31. The maximum Gasteiger partial charge on any atom is 0.323 e. The quantitative estimate of drug-likeness (QED) is 0.120. The predicted molar refractivity (Wildman–Crippen MR) is 186 cm³/mol. The lowest BCUT2D eigenvalue weighted by Crippen LogP contribution is -2.39. The van der Waals surface area contributed by atoms with Crippen LogP contribution in [-0.4, -0.2) is 55.4 Å². The van der Waals surface area contributed by atoms with Crippen LogP contribution in [0.4, 0.5) is 0 Å². The molecule has 50 heavy (non-hydrogen) atoms. The topological polar surface area (TPSA) is 165 Å². The van der Waals surface area contributed by atoms with E-state index in [0.29, 0.717) is 46.5 Å². The Kier molecular flexibility index (Phi) is 12.0. The van der Waals surface area contributed by atoms with E-state index in [0.717, 1.165) is 39.1 Å². The maximum absolute atomic E-state index is 11.1. The van der Waals surface area contributed by atoms with E-state index in [2.05, 4.69) is 52.7 Å². The number of nitrogens with one attached hydrogen (secondary N) is 1. The van der Waals surface area contributed by atoms with Gasteiger partial charge in [-0.1, -0.05) is 47.1 Å². The zero-order valence-corrected chi connectivity index (χ0v) is 28.4. The fourth-order valence-electron chi connectivity index (χ4n) is 5.20. The van der Waals surface area contributed by atoms with Gasteiger partial charge in [0.15, 0.2) is 0 Å². The predicted octanol–water partition coefficient (Wildman–Crippen LogP) is 5.44. The van der Waals surface area contributed by atoms with E-state index < -0.39 is 18.6 Å². The molecule has 12 nitrogen and oxygen atoms in total. The first-order valence-electron chi connectivity index (χ1n) is 15.7. The summed E-state index contributed by atoms with van der Waals surface area (Å²) in [6.07, 6.45) is 4.85. The molecule has 1 atom stereocenters. The summed E-state index contributed by atoms with van der Waals surface area (Å²) in [7, 11) is 0. The highest BCUT2D eigenvalue weighted by Gasteiger charge is 2.17. The second-order valence-corrected chi connectivity index (χ2v) is 11.9. The van der Waals surface area contributed by atoms with Gasteiger partial charge in [0.25, 0.3) is 0 Å². The number of aromatic nitrogens is 4. The van der Waals surface area contributed by atoms with Crippen molar-refractivity contribution in [3.05, 3.63) is 124 Å². The average molecular weight is 696 g/mol. The van der Waals surface area contributed by atoms with Crippen molar-refractivity contribution in [1.82, 2.24) is 25.3 Å². The number of hydrogen-bond acceptors (Lipinski definition) is 10. The molecule has 2 aromatic heterocycles. The van der Waals surface area contributed by atoms with Crippen LogP contribution in [0, 0.1) is 32.1 Å². The number of aliphatic hydroxyl groups excluding tert-OH is 1. The number of benzene rings is 3. The molecule has 3 N–H and O–H groups in total. The second kappa shape index (κ2) is 16.8. The highest BCUT2D eigenvalue weighted by atomic mass is 35.5. The van der Waals surface area contributed by atoms with Crippen LogP contribution in [0.25, 0.3) is 11.1 Å². The van der Waals surface area contributed by atoms with Crippen molar-refractivity contribution in [3.63, 3.8) is 0 Å². The first-order valence-corrected chi connectivity index (χ1v) is 16.1. The van der Waals surface area contributed by atoms with Gasteiger partial charge in [-0.2, -0.15) is 5.26 Å². The van der Waals surface area contributed by atoms with E-state index in [1.165, 1.54) is 6.20 Å². The zero-order chi connectivity index (χ0) is 35.6. The van der Waals surface area contributed by atoms with Crippen LogP contribution in [0.2, 0.25) is 5.02 Å². The van der Waals surface area contributed by atoms with Gasteiger partial charge in [-0.15, -0.1) is 5.10 Å². The SMILES string of the molecule is [CH2]c1cc(Cl)c(OCc2cccc(-c3cccc(OCCn4cc(CNC(CO)C(=O)O)nn4)c3C)c2C)cc1OCc1cncc(C#N)c1. The molecule has 1 radical (unpaired) electrons. The van der Waals surface area contributed by atoms with E-state index in [9.17, 15) is 4.79 Å². The number of carboxylic acid groups (broad SMARTS) is 1. The third-order valence-electron chi connectivity index (χ3n) is 8.01. The highest BCUT2D eigenvalue weighted by molar-refractivity contribution is 6.32. The Hall–Kier alpha value is -5.48. The number of nitriles is 1. The first kappa shape index (κ1) is 35.8. The molecule has 257 valence electrons. The number of aliphatic carboxylic acids is 1. The van der Waals surface area contributed by atoms with Gasteiger partial charge < -0.3 is 24.4 Å². The van der Waals surface area contributed by atoms with Gasteiger partial charge in [0.2, 0.25) is 0 Å². The summed E-state index contributed by atoms with van der Waals surface area (Å²) in [5.74, 6) is 0.570. The van der Waals surface area contributed by atoms with Gasteiger partial charge in [0, 0.05) is 36.8 Å². The molecule has 5 aromatic rings. The van der Waals surface area contributed by atoms with Crippen LogP contribution in [0.15, 0.2) is 73.2 Å². The Balaban J connectivity index is 1.22. The second-order valence-electron chi connectivity index (χ2n) is 11.5. The van der Waals surface area contributed by atoms with Crippen LogP contribution >= 0.6 is 11.6 Å². The molecule has 2 heterocycles. The number of hydrogen-bond donors (Lipinski definition) is 3. The van der Waals surface area contributed by atoms with Gasteiger partial charge in [-0.25, -0.2) is 4.68 Å². The van der Waals surface area contributed by atoms with E-state index in [4.69, 9.17) is 41.3 Å². The standard InChI is InChI=1S/C37H36ClN6O6/c1-23-12-32(38)36(14-35(23)49-21-27-13-26(15-39)16-40-17-27)50-22-28-6-4-7-30(24(28)2)31-8-5-9-34(25(31)3)48-11-10-44-19-29(42-43-44)18-41-33(20-45)37(46)47/h4-9,12-14,16-17,19,33,41,45H,1,10-11,18,20-22H2,2-3H3,(H,46,47). The summed E-state index contributed by atoms with van der Waals surface area (Å²) in [4.78, 5) is 15.2. The van der Waals surface area contributed by atoms with E-state index in [-0.39, 0.29) is 19.8 Å². The Bertz CT molecular complexity index is 2010. The number of ether oxygens (including phenoxy) is 3. The summed E-state index contributed by atoms with van der Waals surface area (Å²) >= 11 is 6.53. The largest absolute Gasteiger partial charge is 0.491 e. The van der Waals surface area contributed by atoms with Gasteiger partial charge in [-0.05, 0) is 72.4 Å². The van der Waals surface area contributed by atoms with Crippen molar-refractivity contribution in [2.45, 2.75) is 46.2 Å². The minimum atomic E-state index is -1.14. The van der Waals surface area contributed by atoms with Gasteiger partial charge in [0.1, 0.15) is 49.2 Å². The summed E-state index contributed by atoms with van der Waals surface area (Å²) in [6.45, 7) is 8.99. The smallest absolute Gasteiger partial charge is 0.323 e. The van der Waals surface area contributed by atoms with Crippen LogP contribution in [-0.2, 0) is 31.1 Å². The van der Waals surface area contributed by atoms with E-state index in [1.54, 1.807) is 35.3 Å². The summed E-state index contributed by atoms with van der Waals surface area (Å²) < 4.78 is 19.9. The molecule has 13 heteroatoms. The van der Waals surface area contributed by atoms with Gasteiger partial charge >= 0.3 is 5.97 Å². The van der Waals surface area contributed by atoms with Crippen molar-refractivity contribution in [2.24, 2.45) is 0 Å². The molecule has 0 fully saturated rings. The van der Waals surface area contributed by atoms with Crippen LogP contribution in [0.3, 0.4) is 0 Å². The molecule has 0 aliphatic heterocycles. The molecule has 0 saturated carbocycles. The Labute approximate surface area is 294 Å². The normalized spacial score (nSPS) is 11.5. The van der Waals surface area contributed by atoms with Crippen molar-refractivity contribution in [3.8, 4) is 34.4 Å². The fraction of sp³-hybridized carbons (Fsp3) is 0.243. The molecule has 1 unspecified atom stereocenters. The molecule has 3 aromatic carbocycles. The number of carboxylic acids is 1. The highest BCUT2D eigenvalue weighted by Crippen LogP contribution is 2.36.